The van der Waals surface area contributed by atoms with Gasteiger partial charge in [0.15, 0.2) is 0 Å². The van der Waals surface area contributed by atoms with Crippen LogP contribution in [0.2, 0.25) is 0 Å². The molecule has 0 radical (unpaired) electrons. The summed E-state index contributed by atoms with van der Waals surface area (Å²) in [6, 6.07) is 9.44. The van der Waals surface area contributed by atoms with Gasteiger partial charge in [0.25, 0.3) is 0 Å². The second kappa shape index (κ2) is 4.81. The number of rotatable bonds is 3. The van der Waals surface area contributed by atoms with E-state index in [2.05, 4.69) is 6.08 Å². The van der Waals surface area contributed by atoms with Crippen LogP contribution in [0.15, 0.2) is 42.5 Å². The van der Waals surface area contributed by atoms with E-state index in [1.807, 2.05) is 36.4 Å². The molecule has 1 aromatic rings. The Labute approximate surface area is 96.2 Å². The van der Waals surface area contributed by atoms with Crippen LogP contribution in [-0.2, 0) is 5.60 Å². The van der Waals surface area contributed by atoms with Crippen LogP contribution in [0.3, 0.4) is 0 Å². The Hall–Kier alpha value is -1.12. The van der Waals surface area contributed by atoms with E-state index >= 15 is 0 Å². The fourth-order valence-corrected chi connectivity index (χ4v) is 2.36. The molecule has 1 aliphatic rings. The third-order valence-electron chi connectivity index (χ3n) is 3.38. The first-order valence-corrected chi connectivity index (χ1v) is 5.83. The van der Waals surface area contributed by atoms with E-state index in [9.17, 15) is 10.2 Å². The molecule has 0 unspecified atom stereocenters. The molecule has 0 saturated carbocycles. The maximum Gasteiger partial charge on any atom is 0.119 e. The minimum absolute atomic E-state index is 0.0219. The quantitative estimate of drug-likeness (QED) is 0.764. The number of aliphatic hydroxyl groups excluding tert-OH is 1. The predicted octanol–water partition coefficient (Wildman–Crippen LogP) is 2.22. The molecule has 0 aromatic heterocycles. The van der Waals surface area contributed by atoms with Crippen molar-refractivity contribution < 1.29 is 10.2 Å². The van der Waals surface area contributed by atoms with Crippen LogP contribution in [0.5, 0.6) is 0 Å². The second-order valence-corrected chi connectivity index (χ2v) is 4.41. The van der Waals surface area contributed by atoms with Crippen LogP contribution in [0.1, 0.15) is 24.8 Å². The number of benzene rings is 1. The van der Waals surface area contributed by atoms with Gasteiger partial charge in [-0.3, -0.25) is 0 Å². The normalized spacial score (nSPS) is 24.0. The number of allylic oxidation sites excluding steroid dienone is 1. The Morgan fingerprint density at radius 1 is 1.25 bits per heavy atom. The average molecular weight is 218 g/mol. The summed E-state index contributed by atoms with van der Waals surface area (Å²) in [6.45, 7) is -0.230. The van der Waals surface area contributed by atoms with E-state index in [1.54, 1.807) is 0 Å². The Bertz CT molecular complexity index is 358. The van der Waals surface area contributed by atoms with Gasteiger partial charge in [-0.1, -0.05) is 42.5 Å². The monoisotopic (exact) mass is 218 g/mol. The first-order valence-electron chi connectivity index (χ1n) is 5.83. The maximum absolute atomic E-state index is 10.6. The summed E-state index contributed by atoms with van der Waals surface area (Å²) in [5.41, 5.74) is -0.327. The predicted molar refractivity (Wildman–Crippen MR) is 63.9 cm³/mol. The van der Waals surface area contributed by atoms with E-state index in [4.69, 9.17) is 0 Å². The molecule has 0 saturated heterocycles. The summed E-state index contributed by atoms with van der Waals surface area (Å²) in [6.07, 6.45) is 7.22. The van der Waals surface area contributed by atoms with Gasteiger partial charge in [-0.2, -0.15) is 0 Å². The molecule has 0 heterocycles. The van der Waals surface area contributed by atoms with Crippen molar-refractivity contribution in [2.75, 3.05) is 6.61 Å². The molecule has 1 aliphatic carbocycles. The molecule has 2 atom stereocenters. The van der Waals surface area contributed by atoms with E-state index in [0.717, 1.165) is 24.8 Å². The Balaban J connectivity index is 2.31. The topological polar surface area (TPSA) is 40.5 Å². The van der Waals surface area contributed by atoms with Gasteiger partial charge in [0.2, 0.25) is 0 Å². The van der Waals surface area contributed by atoms with Gasteiger partial charge >= 0.3 is 0 Å². The Morgan fingerprint density at radius 2 is 2.00 bits per heavy atom. The highest BCUT2D eigenvalue weighted by Crippen LogP contribution is 2.35. The summed E-state index contributed by atoms with van der Waals surface area (Å²) >= 11 is 0. The van der Waals surface area contributed by atoms with Crippen molar-refractivity contribution in [2.45, 2.75) is 24.9 Å². The molecule has 0 aliphatic heterocycles. The molecule has 2 N–H and O–H groups in total. The smallest absolute Gasteiger partial charge is 0.119 e. The average Bonchev–Trinajstić information content (AvgIpc) is 2.40. The number of hydrogen-bond acceptors (Lipinski definition) is 2. The van der Waals surface area contributed by atoms with Gasteiger partial charge in [-0.15, -0.1) is 0 Å². The lowest BCUT2D eigenvalue weighted by molar-refractivity contribution is -0.0570. The van der Waals surface area contributed by atoms with Gasteiger partial charge in [0.05, 0.1) is 6.61 Å². The fourth-order valence-electron chi connectivity index (χ4n) is 2.36. The first-order chi connectivity index (χ1) is 7.77. The van der Waals surface area contributed by atoms with E-state index < -0.39 is 5.60 Å². The van der Waals surface area contributed by atoms with E-state index in [-0.39, 0.29) is 12.5 Å². The highest BCUT2D eigenvalue weighted by Gasteiger charge is 2.36. The lowest BCUT2D eigenvalue weighted by Crippen LogP contribution is -2.38. The summed E-state index contributed by atoms with van der Waals surface area (Å²) in [7, 11) is 0. The van der Waals surface area contributed by atoms with Crippen LogP contribution in [0.25, 0.3) is 0 Å². The van der Waals surface area contributed by atoms with Gasteiger partial charge in [0, 0.05) is 5.92 Å². The van der Waals surface area contributed by atoms with Gasteiger partial charge in [-0.05, 0) is 24.8 Å². The first kappa shape index (κ1) is 11.4. The third kappa shape index (κ3) is 2.04. The fraction of sp³-hybridized carbons (Fsp3) is 0.429. The lowest BCUT2D eigenvalue weighted by atomic mass is 9.77. The van der Waals surface area contributed by atoms with E-state index in [0.29, 0.717) is 0 Å². The van der Waals surface area contributed by atoms with Crippen molar-refractivity contribution in [1.82, 2.24) is 0 Å². The zero-order chi connectivity index (χ0) is 11.4. The zero-order valence-electron chi connectivity index (χ0n) is 9.34. The SMILES string of the molecule is OC[C@@](O)(c1ccccc1)[C@H]1C=CCCC1. The highest BCUT2D eigenvalue weighted by molar-refractivity contribution is 5.25. The molecule has 0 spiro atoms. The van der Waals surface area contributed by atoms with Crippen LogP contribution in [0, 0.1) is 5.92 Å². The molecule has 2 nitrogen and oxygen atoms in total. The van der Waals surface area contributed by atoms with Crippen molar-refractivity contribution in [3.63, 3.8) is 0 Å². The molecule has 16 heavy (non-hydrogen) atoms. The summed E-state index contributed by atoms with van der Waals surface area (Å²) in [4.78, 5) is 0. The molecule has 2 heteroatoms. The van der Waals surface area contributed by atoms with Crippen molar-refractivity contribution in [2.24, 2.45) is 5.92 Å². The molecule has 0 bridgehead atoms. The van der Waals surface area contributed by atoms with Crippen molar-refractivity contribution in [1.29, 1.82) is 0 Å². The molecule has 2 rings (SSSR count). The standard InChI is InChI=1S/C14H18O2/c15-11-14(16,12-7-3-1-4-8-12)13-9-5-2-6-10-13/h1,3-5,7-9,13,15-16H,2,6,10-11H2/t13-,14+/m0/s1. The van der Waals surface area contributed by atoms with Crippen LogP contribution in [0.4, 0.5) is 0 Å². The maximum atomic E-state index is 10.6. The van der Waals surface area contributed by atoms with Gasteiger partial charge in [-0.25, -0.2) is 0 Å². The highest BCUT2D eigenvalue weighted by atomic mass is 16.3. The number of hydrogen-bond donors (Lipinski definition) is 2. The second-order valence-electron chi connectivity index (χ2n) is 4.41. The zero-order valence-corrected chi connectivity index (χ0v) is 9.34. The molecule has 86 valence electrons. The Morgan fingerprint density at radius 3 is 2.56 bits per heavy atom. The van der Waals surface area contributed by atoms with E-state index in [1.165, 1.54) is 0 Å². The van der Waals surface area contributed by atoms with Crippen molar-refractivity contribution in [3.8, 4) is 0 Å². The Kier molecular flexibility index (Phi) is 3.42. The van der Waals surface area contributed by atoms with Gasteiger partial charge in [0.1, 0.15) is 5.60 Å². The third-order valence-corrected chi connectivity index (χ3v) is 3.38. The minimum atomic E-state index is -1.13. The largest absolute Gasteiger partial charge is 0.393 e. The number of aliphatic hydroxyl groups is 2. The molecular weight excluding hydrogens is 200 g/mol. The summed E-state index contributed by atoms with van der Waals surface area (Å²) in [5, 5.41) is 20.1. The minimum Gasteiger partial charge on any atom is -0.393 e. The van der Waals surface area contributed by atoms with Crippen LogP contribution in [-0.4, -0.2) is 16.8 Å². The molecule has 1 aromatic carbocycles. The van der Waals surface area contributed by atoms with Crippen LogP contribution >= 0.6 is 0 Å². The molecule has 0 amide bonds. The molecular formula is C14H18O2. The lowest BCUT2D eigenvalue weighted by Gasteiger charge is -2.35. The molecule has 0 fully saturated rings. The summed E-state index contributed by atoms with van der Waals surface area (Å²) < 4.78 is 0. The van der Waals surface area contributed by atoms with Crippen molar-refractivity contribution >= 4 is 0 Å². The van der Waals surface area contributed by atoms with Gasteiger partial charge < -0.3 is 10.2 Å². The van der Waals surface area contributed by atoms with Crippen LogP contribution < -0.4 is 0 Å². The summed E-state index contributed by atoms with van der Waals surface area (Å²) in [5.74, 6) is 0.0219. The van der Waals surface area contributed by atoms with Crippen molar-refractivity contribution in [3.05, 3.63) is 48.0 Å².